The summed E-state index contributed by atoms with van der Waals surface area (Å²) in [5.74, 6) is -0.462. The molecule has 0 saturated heterocycles. The molecule has 0 aliphatic heterocycles. The Morgan fingerprint density at radius 3 is 2.57 bits per heavy atom. The summed E-state index contributed by atoms with van der Waals surface area (Å²) >= 11 is 0. The van der Waals surface area contributed by atoms with Crippen molar-refractivity contribution in [2.24, 2.45) is 5.73 Å². The third kappa shape index (κ3) is 6.57. The molecule has 0 saturated carbocycles. The van der Waals surface area contributed by atoms with Crippen molar-refractivity contribution in [3.05, 3.63) is 24.2 Å². The van der Waals surface area contributed by atoms with E-state index in [9.17, 15) is 14.4 Å². The number of nitrogens with zero attached hydrogens (tertiary/aromatic N) is 1. The minimum atomic E-state index is -0.626. The monoisotopic (exact) mass is 296 g/mol. The molecule has 1 aromatic heterocycles. The van der Waals surface area contributed by atoms with Crippen molar-refractivity contribution >= 4 is 17.8 Å². The van der Waals surface area contributed by atoms with Crippen LogP contribution < -0.4 is 16.4 Å². The van der Waals surface area contributed by atoms with Crippen LogP contribution in [-0.4, -0.2) is 41.9 Å². The van der Waals surface area contributed by atoms with Gasteiger partial charge in [-0.05, 0) is 26.0 Å². The summed E-state index contributed by atoms with van der Waals surface area (Å²) in [5.41, 5.74) is 5.11. The van der Waals surface area contributed by atoms with Gasteiger partial charge in [0.2, 0.25) is 11.8 Å². The maximum Gasteiger partial charge on any atom is 0.321 e. The number of carbonyl (C=O) groups is 3. The number of carbonyl (C=O) groups excluding carboxylic acids is 3. The molecule has 8 heteroatoms. The molecule has 1 rings (SSSR count). The van der Waals surface area contributed by atoms with Crippen molar-refractivity contribution in [1.29, 1.82) is 0 Å². The van der Waals surface area contributed by atoms with E-state index >= 15 is 0 Å². The van der Waals surface area contributed by atoms with Gasteiger partial charge in [-0.3, -0.25) is 19.8 Å². The zero-order valence-electron chi connectivity index (χ0n) is 12.1. The average Bonchev–Trinajstić information content (AvgIpc) is 2.87. The zero-order valence-corrected chi connectivity index (χ0v) is 12.1. The minimum absolute atomic E-state index is 0.0426. The second-order valence-electron chi connectivity index (χ2n) is 4.78. The maximum absolute atomic E-state index is 11.7. The topological polar surface area (TPSA) is 118 Å². The lowest BCUT2D eigenvalue weighted by atomic mass is 10.3. The predicted octanol–water partition coefficient (Wildman–Crippen LogP) is -0.199. The van der Waals surface area contributed by atoms with Crippen LogP contribution in [0.25, 0.3) is 0 Å². The second-order valence-corrected chi connectivity index (χ2v) is 4.78. The largest absolute Gasteiger partial charge is 0.467 e. The van der Waals surface area contributed by atoms with Gasteiger partial charge in [-0.25, -0.2) is 4.79 Å². The SMILES string of the molecule is CC(C)N(CC(N)=O)CC(=O)NC(=O)NCc1ccco1. The number of nitrogens with one attached hydrogen (secondary N) is 2. The van der Waals surface area contributed by atoms with Gasteiger partial charge in [0, 0.05) is 6.04 Å². The van der Waals surface area contributed by atoms with E-state index in [1.54, 1.807) is 17.0 Å². The van der Waals surface area contributed by atoms with Gasteiger partial charge in [0.1, 0.15) is 5.76 Å². The number of hydrogen-bond donors (Lipinski definition) is 3. The Balaban J connectivity index is 2.37. The Bertz CT molecular complexity index is 484. The van der Waals surface area contributed by atoms with Crippen LogP contribution in [0.3, 0.4) is 0 Å². The molecule has 0 bridgehead atoms. The highest BCUT2D eigenvalue weighted by Gasteiger charge is 2.17. The van der Waals surface area contributed by atoms with Gasteiger partial charge in [-0.2, -0.15) is 0 Å². The molecule has 116 valence electrons. The van der Waals surface area contributed by atoms with E-state index in [0.29, 0.717) is 5.76 Å². The highest BCUT2D eigenvalue weighted by atomic mass is 16.3. The van der Waals surface area contributed by atoms with Gasteiger partial charge < -0.3 is 15.5 Å². The van der Waals surface area contributed by atoms with E-state index < -0.39 is 17.8 Å². The van der Waals surface area contributed by atoms with Crippen LogP contribution in [0.1, 0.15) is 19.6 Å². The summed E-state index contributed by atoms with van der Waals surface area (Å²) in [7, 11) is 0. The fraction of sp³-hybridized carbons (Fsp3) is 0.462. The first kappa shape index (κ1) is 16.7. The van der Waals surface area contributed by atoms with Gasteiger partial charge in [0.15, 0.2) is 0 Å². The molecule has 0 aromatic carbocycles. The van der Waals surface area contributed by atoms with E-state index in [4.69, 9.17) is 10.2 Å². The van der Waals surface area contributed by atoms with Crippen LogP contribution in [0.15, 0.2) is 22.8 Å². The maximum atomic E-state index is 11.7. The number of primary amides is 1. The molecule has 1 aromatic rings. The summed E-state index contributed by atoms with van der Waals surface area (Å²) in [6, 6.07) is 2.73. The van der Waals surface area contributed by atoms with Crippen molar-refractivity contribution in [3.63, 3.8) is 0 Å². The first-order valence-electron chi connectivity index (χ1n) is 6.51. The number of hydrogen-bond acceptors (Lipinski definition) is 5. The van der Waals surface area contributed by atoms with Gasteiger partial charge in [-0.15, -0.1) is 0 Å². The van der Waals surface area contributed by atoms with Crippen LogP contribution in [0.5, 0.6) is 0 Å². The number of nitrogens with two attached hydrogens (primary N) is 1. The molecule has 0 radical (unpaired) electrons. The number of imide groups is 1. The highest BCUT2D eigenvalue weighted by Crippen LogP contribution is 1.98. The van der Waals surface area contributed by atoms with Crippen molar-refractivity contribution in [2.45, 2.75) is 26.4 Å². The van der Waals surface area contributed by atoms with Gasteiger partial charge in [0.25, 0.3) is 0 Å². The van der Waals surface area contributed by atoms with Crippen molar-refractivity contribution in [2.75, 3.05) is 13.1 Å². The number of furan rings is 1. The summed E-state index contributed by atoms with van der Waals surface area (Å²) in [6.07, 6.45) is 1.49. The normalized spacial score (nSPS) is 10.7. The van der Waals surface area contributed by atoms with Crippen LogP contribution in [0.2, 0.25) is 0 Å². The zero-order chi connectivity index (χ0) is 15.8. The molecule has 4 N–H and O–H groups in total. The molecule has 0 aliphatic rings. The predicted molar refractivity (Wildman–Crippen MR) is 75.0 cm³/mol. The molecule has 0 spiro atoms. The molecule has 0 aliphatic carbocycles. The summed E-state index contributed by atoms with van der Waals surface area (Å²) in [6.45, 7) is 3.70. The van der Waals surface area contributed by atoms with Gasteiger partial charge in [0.05, 0.1) is 25.9 Å². The molecule has 1 heterocycles. The van der Waals surface area contributed by atoms with E-state index in [0.717, 1.165) is 0 Å². The number of amides is 4. The van der Waals surface area contributed by atoms with E-state index in [-0.39, 0.29) is 25.7 Å². The third-order valence-electron chi connectivity index (χ3n) is 2.69. The Morgan fingerprint density at radius 2 is 2.05 bits per heavy atom. The Kier molecular flexibility index (Phi) is 6.41. The Hall–Kier alpha value is -2.35. The standard InChI is InChI=1S/C13H20N4O4/c1-9(2)17(7-11(14)18)8-12(19)16-13(20)15-6-10-4-3-5-21-10/h3-5,9H,6-8H2,1-2H3,(H2,14,18)(H2,15,16,19,20). The molecule has 0 atom stereocenters. The summed E-state index contributed by atoms with van der Waals surface area (Å²) in [4.78, 5) is 35.7. The molecular weight excluding hydrogens is 276 g/mol. The highest BCUT2D eigenvalue weighted by molar-refractivity contribution is 5.95. The van der Waals surface area contributed by atoms with Crippen molar-refractivity contribution < 1.29 is 18.8 Å². The van der Waals surface area contributed by atoms with Crippen LogP contribution >= 0.6 is 0 Å². The summed E-state index contributed by atoms with van der Waals surface area (Å²) in [5, 5.41) is 4.66. The van der Waals surface area contributed by atoms with E-state index in [1.807, 2.05) is 13.8 Å². The lowest BCUT2D eigenvalue weighted by Gasteiger charge is -2.23. The lowest BCUT2D eigenvalue weighted by Crippen LogP contribution is -2.48. The molecule has 8 nitrogen and oxygen atoms in total. The van der Waals surface area contributed by atoms with E-state index in [1.165, 1.54) is 6.26 Å². The molecule has 21 heavy (non-hydrogen) atoms. The summed E-state index contributed by atoms with van der Waals surface area (Å²) < 4.78 is 5.04. The first-order valence-corrected chi connectivity index (χ1v) is 6.51. The fourth-order valence-electron chi connectivity index (χ4n) is 1.60. The number of urea groups is 1. The Labute approximate surface area is 122 Å². The van der Waals surface area contributed by atoms with Crippen LogP contribution in [0, 0.1) is 0 Å². The van der Waals surface area contributed by atoms with E-state index in [2.05, 4.69) is 10.6 Å². The Morgan fingerprint density at radius 1 is 1.33 bits per heavy atom. The van der Waals surface area contributed by atoms with Gasteiger partial charge in [-0.1, -0.05) is 0 Å². The quantitative estimate of drug-likeness (QED) is 0.644. The first-order chi connectivity index (χ1) is 9.88. The van der Waals surface area contributed by atoms with Crippen molar-refractivity contribution in [3.8, 4) is 0 Å². The minimum Gasteiger partial charge on any atom is -0.467 e. The lowest BCUT2D eigenvalue weighted by molar-refractivity contribution is -0.123. The average molecular weight is 296 g/mol. The molecule has 4 amide bonds. The molecular formula is C13H20N4O4. The van der Waals surface area contributed by atoms with Gasteiger partial charge >= 0.3 is 6.03 Å². The third-order valence-corrected chi connectivity index (χ3v) is 2.69. The van der Waals surface area contributed by atoms with Crippen LogP contribution in [-0.2, 0) is 16.1 Å². The molecule has 0 fully saturated rings. The smallest absolute Gasteiger partial charge is 0.321 e. The molecule has 0 unspecified atom stereocenters. The second kappa shape index (κ2) is 8.05. The fourth-order valence-corrected chi connectivity index (χ4v) is 1.60. The van der Waals surface area contributed by atoms with Crippen LogP contribution in [0.4, 0.5) is 4.79 Å². The van der Waals surface area contributed by atoms with Crippen molar-refractivity contribution in [1.82, 2.24) is 15.5 Å². The number of rotatable bonds is 7.